The van der Waals surface area contributed by atoms with Gasteiger partial charge in [0.15, 0.2) is 0 Å². The second-order valence-electron chi connectivity index (χ2n) is 10.9. The van der Waals surface area contributed by atoms with Crippen LogP contribution in [0.1, 0.15) is 58.8 Å². The number of esters is 1. The first-order chi connectivity index (χ1) is 16.6. The van der Waals surface area contributed by atoms with Crippen molar-refractivity contribution in [3.05, 3.63) is 11.6 Å². The SMILES string of the molecule is COC(=O)OC1CCC2(C)C(=C[C@@H](C(=O)OC)C3CC4CCC(=O)C4(C)C[C@@H](OC(=O)OC)C32)C1. The lowest BCUT2D eigenvalue weighted by atomic mass is 9.52. The normalized spacial score (nSPS) is 40.1. The van der Waals surface area contributed by atoms with Gasteiger partial charge in [0.25, 0.3) is 0 Å². The van der Waals surface area contributed by atoms with E-state index < -0.39 is 35.2 Å². The van der Waals surface area contributed by atoms with Crippen molar-refractivity contribution in [3.63, 3.8) is 0 Å². The minimum absolute atomic E-state index is 0.0958. The Morgan fingerprint density at radius 3 is 2.29 bits per heavy atom. The van der Waals surface area contributed by atoms with Gasteiger partial charge in [0.1, 0.15) is 18.0 Å². The van der Waals surface area contributed by atoms with E-state index in [0.29, 0.717) is 38.5 Å². The molecule has 0 saturated heterocycles. The highest BCUT2D eigenvalue weighted by Gasteiger charge is 2.61. The average molecular weight is 493 g/mol. The largest absolute Gasteiger partial charge is 0.508 e. The molecule has 9 heteroatoms. The van der Waals surface area contributed by atoms with Crippen molar-refractivity contribution in [1.82, 2.24) is 0 Å². The molecule has 194 valence electrons. The molecule has 0 aromatic heterocycles. The van der Waals surface area contributed by atoms with Crippen LogP contribution in [-0.4, -0.2) is 57.6 Å². The molecule has 0 heterocycles. The Kier molecular flexibility index (Phi) is 6.90. The summed E-state index contributed by atoms with van der Waals surface area (Å²) in [6.07, 6.45) is 3.53. The summed E-state index contributed by atoms with van der Waals surface area (Å²) in [6.45, 7) is 4.11. The zero-order valence-electron chi connectivity index (χ0n) is 21.2. The molecule has 0 bridgehead atoms. The van der Waals surface area contributed by atoms with E-state index in [-0.39, 0.29) is 35.6 Å². The van der Waals surface area contributed by atoms with Gasteiger partial charge >= 0.3 is 18.3 Å². The fraction of sp³-hybridized carbons (Fsp3) is 0.769. The highest BCUT2D eigenvalue weighted by atomic mass is 16.7. The van der Waals surface area contributed by atoms with Crippen LogP contribution in [0, 0.1) is 34.5 Å². The Balaban J connectivity index is 1.79. The maximum atomic E-state index is 13.1. The number of Topliss-reactive ketones (excluding diaryl/α,β-unsaturated/α-hetero) is 1. The Morgan fingerprint density at radius 2 is 1.63 bits per heavy atom. The first kappa shape index (κ1) is 25.5. The van der Waals surface area contributed by atoms with Crippen LogP contribution in [0.4, 0.5) is 9.59 Å². The summed E-state index contributed by atoms with van der Waals surface area (Å²) < 4.78 is 26.1. The molecule has 4 rings (SSSR count). The quantitative estimate of drug-likeness (QED) is 0.324. The summed E-state index contributed by atoms with van der Waals surface area (Å²) in [5.41, 5.74) is -0.0587. The lowest BCUT2D eigenvalue weighted by Gasteiger charge is -2.53. The van der Waals surface area contributed by atoms with Gasteiger partial charge in [-0.15, -0.1) is 0 Å². The van der Waals surface area contributed by atoms with Crippen molar-refractivity contribution < 1.29 is 42.9 Å². The first-order valence-electron chi connectivity index (χ1n) is 12.4. The van der Waals surface area contributed by atoms with E-state index in [0.717, 1.165) is 12.0 Å². The molecule has 0 amide bonds. The molecule has 35 heavy (non-hydrogen) atoms. The standard InChI is InChI=1S/C26H36O9/c1-25-9-8-16(34-23(29)32-4)10-15(25)12-18(22(28)31-3)17-11-14-6-7-20(27)26(14,2)13-19(21(17)25)35-24(30)33-5/h12,14,16-19,21H,6-11,13H2,1-5H3/t14?,16?,17?,18-,19-,21?,25?,26?/m1/s1. The third-order valence-corrected chi connectivity index (χ3v) is 9.36. The predicted octanol–water partition coefficient (Wildman–Crippen LogP) is 4.22. The fourth-order valence-corrected chi connectivity index (χ4v) is 7.48. The van der Waals surface area contributed by atoms with Crippen molar-refractivity contribution in [1.29, 1.82) is 0 Å². The number of hydrogen-bond acceptors (Lipinski definition) is 9. The first-order valence-corrected chi connectivity index (χ1v) is 12.4. The zero-order chi connectivity index (χ0) is 25.5. The Hall–Kier alpha value is -2.58. The molecule has 0 aromatic carbocycles. The van der Waals surface area contributed by atoms with Crippen molar-refractivity contribution in [2.75, 3.05) is 21.3 Å². The van der Waals surface area contributed by atoms with Crippen LogP contribution in [-0.2, 0) is 33.3 Å². The van der Waals surface area contributed by atoms with Crippen LogP contribution in [0.5, 0.6) is 0 Å². The number of carbonyl (C=O) groups excluding carboxylic acids is 4. The van der Waals surface area contributed by atoms with E-state index in [1.54, 1.807) is 0 Å². The molecule has 3 saturated carbocycles. The van der Waals surface area contributed by atoms with Crippen molar-refractivity contribution >= 4 is 24.1 Å². The van der Waals surface area contributed by atoms with Gasteiger partial charge in [-0.1, -0.05) is 25.5 Å². The van der Waals surface area contributed by atoms with Crippen LogP contribution in [0.25, 0.3) is 0 Å². The van der Waals surface area contributed by atoms with Crippen LogP contribution in [0.3, 0.4) is 0 Å². The summed E-state index contributed by atoms with van der Waals surface area (Å²) in [5.74, 6) is -1.01. The Bertz CT molecular complexity index is 926. The van der Waals surface area contributed by atoms with Gasteiger partial charge in [-0.25, -0.2) is 9.59 Å². The molecule has 0 spiro atoms. The molecule has 6 unspecified atom stereocenters. The molecular formula is C26H36O9. The average Bonchev–Trinajstić information content (AvgIpc) is 3.02. The van der Waals surface area contributed by atoms with E-state index in [1.165, 1.54) is 21.3 Å². The van der Waals surface area contributed by atoms with Gasteiger partial charge in [0, 0.05) is 24.2 Å². The summed E-state index contributed by atoms with van der Waals surface area (Å²) in [5, 5.41) is 0. The number of hydrogen-bond donors (Lipinski definition) is 0. The number of carbonyl (C=O) groups is 4. The Morgan fingerprint density at radius 1 is 0.943 bits per heavy atom. The monoisotopic (exact) mass is 492 g/mol. The van der Waals surface area contributed by atoms with Crippen molar-refractivity contribution in [3.8, 4) is 0 Å². The molecule has 0 aliphatic heterocycles. The summed E-state index contributed by atoms with van der Waals surface area (Å²) in [7, 11) is 3.91. The van der Waals surface area contributed by atoms with Gasteiger partial charge in [0.2, 0.25) is 0 Å². The lowest BCUT2D eigenvalue weighted by Crippen LogP contribution is -2.52. The molecule has 0 aromatic rings. The smallest absolute Gasteiger partial charge is 0.469 e. The molecule has 0 N–H and O–H groups in total. The molecule has 4 aliphatic carbocycles. The topological polar surface area (TPSA) is 114 Å². The maximum Gasteiger partial charge on any atom is 0.508 e. The van der Waals surface area contributed by atoms with E-state index in [1.807, 2.05) is 13.0 Å². The summed E-state index contributed by atoms with van der Waals surface area (Å²) >= 11 is 0. The lowest BCUT2D eigenvalue weighted by molar-refractivity contribution is -0.150. The third-order valence-electron chi connectivity index (χ3n) is 9.36. The molecule has 8 atom stereocenters. The fourth-order valence-electron chi connectivity index (χ4n) is 7.48. The van der Waals surface area contributed by atoms with Gasteiger partial charge in [0.05, 0.1) is 27.2 Å². The highest BCUT2D eigenvalue weighted by Crippen LogP contribution is 2.62. The minimum Gasteiger partial charge on any atom is -0.469 e. The minimum atomic E-state index is -0.793. The van der Waals surface area contributed by atoms with Crippen molar-refractivity contribution in [2.24, 2.45) is 34.5 Å². The van der Waals surface area contributed by atoms with Crippen LogP contribution < -0.4 is 0 Å². The van der Waals surface area contributed by atoms with Crippen molar-refractivity contribution in [2.45, 2.75) is 71.0 Å². The number of fused-ring (bicyclic) bond motifs is 4. The van der Waals surface area contributed by atoms with E-state index in [2.05, 4.69) is 11.7 Å². The highest BCUT2D eigenvalue weighted by molar-refractivity contribution is 5.87. The number of ketones is 1. The Labute approximate surface area is 205 Å². The second-order valence-corrected chi connectivity index (χ2v) is 10.9. The second kappa shape index (κ2) is 9.47. The molecular weight excluding hydrogens is 456 g/mol. The molecule has 0 radical (unpaired) electrons. The van der Waals surface area contributed by atoms with Crippen LogP contribution >= 0.6 is 0 Å². The van der Waals surface area contributed by atoms with E-state index in [9.17, 15) is 19.2 Å². The summed E-state index contributed by atoms with van der Waals surface area (Å²) in [4.78, 5) is 50.3. The van der Waals surface area contributed by atoms with Crippen LogP contribution in [0.2, 0.25) is 0 Å². The number of rotatable bonds is 3. The molecule has 4 aliphatic rings. The van der Waals surface area contributed by atoms with Gasteiger partial charge in [-0.2, -0.15) is 0 Å². The van der Waals surface area contributed by atoms with Gasteiger partial charge < -0.3 is 23.7 Å². The van der Waals surface area contributed by atoms with Crippen LogP contribution in [0.15, 0.2) is 11.6 Å². The predicted molar refractivity (Wildman–Crippen MR) is 122 cm³/mol. The molecule has 9 nitrogen and oxygen atoms in total. The zero-order valence-corrected chi connectivity index (χ0v) is 21.2. The van der Waals surface area contributed by atoms with E-state index >= 15 is 0 Å². The van der Waals surface area contributed by atoms with Gasteiger partial charge in [-0.3, -0.25) is 9.59 Å². The number of methoxy groups -OCH3 is 3. The van der Waals surface area contributed by atoms with Gasteiger partial charge in [-0.05, 0) is 49.4 Å². The third kappa shape index (κ3) is 4.31. The summed E-state index contributed by atoms with van der Waals surface area (Å²) in [6, 6.07) is 0. The number of ether oxygens (including phenoxy) is 5. The van der Waals surface area contributed by atoms with E-state index in [4.69, 9.17) is 18.9 Å². The maximum absolute atomic E-state index is 13.1. The molecule has 3 fully saturated rings.